The number of anilines is 1. The zero-order valence-corrected chi connectivity index (χ0v) is 15.6. The summed E-state index contributed by atoms with van der Waals surface area (Å²) in [6.07, 6.45) is 0.889. The molecule has 1 N–H and O–H groups in total. The van der Waals surface area contributed by atoms with Crippen molar-refractivity contribution in [3.05, 3.63) is 65.4 Å². The number of esters is 2. The molecule has 0 radical (unpaired) electrons. The van der Waals surface area contributed by atoms with Gasteiger partial charge in [0.1, 0.15) is 11.3 Å². The predicted molar refractivity (Wildman–Crippen MR) is 104 cm³/mol. The number of benzene rings is 2. The lowest BCUT2D eigenvalue weighted by Crippen LogP contribution is -2.15. The van der Waals surface area contributed by atoms with E-state index in [4.69, 9.17) is 9.47 Å². The third kappa shape index (κ3) is 2.90. The Morgan fingerprint density at radius 1 is 1.04 bits per heavy atom. The first-order valence-corrected chi connectivity index (χ1v) is 8.86. The molecule has 0 spiro atoms. The molecule has 0 unspecified atom stereocenters. The number of methoxy groups -OCH3 is 2. The zero-order valence-electron chi connectivity index (χ0n) is 15.6. The third-order valence-corrected chi connectivity index (χ3v) is 4.74. The summed E-state index contributed by atoms with van der Waals surface area (Å²) in [6.45, 7) is 0.870. The van der Waals surface area contributed by atoms with Gasteiger partial charge in [-0.1, -0.05) is 24.3 Å². The smallest absolute Gasteiger partial charge is 0.357 e. The van der Waals surface area contributed by atoms with E-state index in [2.05, 4.69) is 10.4 Å². The molecule has 28 heavy (non-hydrogen) atoms. The highest BCUT2D eigenvalue weighted by Gasteiger charge is 2.31. The number of nitrogens with zero attached hydrogens (tertiary/aromatic N) is 2. The fraction of sp³-hybridized carbons (Fsp3) is 0.190. The standard InChI is InChI=1S/C21H19N3O4/c1-27-20(25)17-18(14-8-9-16-13(12-14)10-11-22-16)23-24(19(17)21(26)28-2)15-6-4-3-5-7-15/h3-9,12,22H,10-11H2,1-2H3. The topological polar surface area (TPSA) is 82.5 Å². The van der Waals surface area contributed by atoms with E-state index in [9.17, 15) is 9.59 Å². The molecule has 1 aliphatic rings. The summed E-state index contributed by atoms with van der Waals surface area (Å²) in [6, 6.07) is 14.9. The van der Waals surface area contributed by atoms with Crippen LogP contribution in [0.2, 0.25) is 0 Å². The lowest BCUT2D eigenvalue weighted by atomic mass is 10.0. The summed E-state index contributed by atoms with van der Waals surface area (Å²) >= 11 is 0. The summed E-state index contributed by atoms with van der Waals surface area (Å²) in [7, 11) is 2.55. The van der Waals surface area contributed by atoms with Gasteiger partial charge in [0.15, 0.2) is 5.69 Å². The van der Waals surface area contributed by atoms with Crippen LogP contribution >= 0.6 is 0 Å². The van der Waals surface area contributed by atoms with Crippen LogP contribution in [0.4, 0.5) is 5.69 Å². The fourth-order valence-electron chi connectivity index (χ4n) is 3.41. The van der Waals surface area contributed by atoms with Crippen molar-refractivity contribution in [1.82, 2.24) is 9.78 Å². The second kappa shape index (κ2) is 7.19. The number of carbonyl (C=O) groups excluding carboxylic acids is 2. The molecule has 142 valence electrons. The van der Waals surface area contributed by atoms with Crippen molar-refractivity contribution in [2.45, 2.75) is 6.42 Å². The molecule has 0 atom stereocenters. The number of carbonyl (C=O) groups is 2. The van der Waals surface area contributed by atoms with E-state index in [1.807, 2.05) is 36.4 Å². The first kappa shape index (κ1) is 17.8. The van der Waals surface area contributed by atoms with Gasteiger partial charge in [-0.3, -0.25) is 0 Å². The minimum absolute atomic E-state index is 0.0363. The van der Waals surface area contributed by atoms with Crippen molar-refractivity contribution in [3.8, 4) is 16.9 Å². The normalized spacial score (nSPS) is 12.2. The SMILES string of the molecule is COC(=O)c1c(-c2ccc3c(c2)CCN3)nn(-c2ccccc2)c1C(=O)OC. The van der Waals surface area contributed by atoms with Gasteiger partial charge in [0.25, 0.3) is 0 Å². The average molecular weight is 377 g/mol. The molecule has 0 bridgehead atoms. The van der Waals surface area contributed by atoms with E-state index in [0.29, 0.717) is 11.4 Å². The van der Waals surface area contributed by atoms with Crippen molar-refractivity contribution in [3.63, 3.8) is 0 Å². The van der Waals surface area contributed by atoms with E-state index < -0.39 is 11.9 Å². The third-order valence-electron chi connectivity index (χ3n) is 4.74. The second-order valence-electron chi connectivity index (χ2n) is 6.35. The highest BCUT2D eigenvalue weighted by molar-refractivity contribution is 6.06. The summed E-state index contributed by atoms with van der Waals surface area (Å²) in [5.74, 6) is -1.30. The van der Waals surface area contributed by atoms with Gasteiger partial charge in [-0.25, -0.2) is 14.3 Å². The lowest BCUT2D eigenvalue weighted by molar-refractivity contribution is 0.0549. The molecule has 7 heteroatoms. The highest BCUT2D eigenvalue weighted by Crippen LogP contribution is 2.32. The summed E-state index contributed by atoms with van der Waals surface area (Å²) < 4.78 is 11.3. The quantitative estimate of drug-likeness (QED) is 0.704. The van der Waals surface area contributed by atoms with Crippen LogP contribution in [0, 0.1) is 0 Å². The van der Waals surface area contributed by atoms with Crippen molar-refractivity contribution >= 4 is 17.6 Å². The van der Waals surface area contributed by atoms with Crippen LogP contribution in [0.3, 0.4) is 0 Å². The Bertz CT molecular complexity index is 1060. The Hall–Kier alpha value is -3.61. The maximum absolute atomic E-state index is 12.6. The molecule has 2 aromatic carbocycles. The van der Waals surface area contributed by atoms with Gasteiger partial charge in [-0.2, -0.15) is 5.10 Å². The van der Waals surface area contributed by atoms with Crippen LogP contribution in [-0.2, 0) is 15.9 Å². The highest BCUT2D eigenvalue weighted by atomic mass is 16.5. The zero-order chi connectivity index (χ0) is 19.7. The van der Waals surface area contributed by atoms with Gasteiger partial charge in [0.05, 0.1) is 19.9 Å². The Morgan fingerprint density at radius 3 is 2.50 bits per heavy atom. The number of ether oxygens (including phenoxy) is 2. The molecular formula is C21H19N3O4. The molecule has 1 aliphatic heterocycles. The summed E-state index contributed by atoms with van der Waals surface area (Å²) in [5, 5.41) is 7.91. The molecule has 2 heterocycles. The van der Waals surface area contributed by atoms with E-state index in [1.54, 1.807) is 12.1 Å². The van der Waals surface area contributed by atoms with E-state index in [-0.39, 0.29) is 11.3 Å². The number of rotatable bonds is 4. The predicted octanol–water partition coefficient (Wildman–Crippen LogP) is 3.08. The van der Waals surface area contributed by atoms with E-state index >= 15 is 0 Å². The van der Waals surface area contributed by atoms with Crippen LogP contribution in [0.1, 0.15) is 26.4 Å². The number of hydrogen-bond donors (Lipinski definition) is 1. The fourth-order valence-corrected chi connectivity index (χ4v) is 3.41. The van der Waals surface area contributed by atoms with E-state index in [1.165, 1.54) is 18.9 Å². The Balaban J connectivity index is 1.99. The number of fused-ring (bicyclic) bond motifs is 1. The van der Waals surface area contributed by atoms with Gasteiger partial charge < -0.3 is 14.8 Å². The van der Waals surface area contributed by atoms with Crippen molar-refractivity contribution in [2.75, 3.05) is 26.1 Å². The lowest BCUT2D eigenvalue weighted by Gasteiger charge is -2.07. The summed E-state index contributed by atoms with van der Waals surface area (Å²) in [5.41, 5.74) is 4.09. The van der Waals surface area contributed by atoms with Crippen LogP contribution in [-0.4, -0.2) is 42.5 Å². The second-order valence-corrected chi connectivity index (χ2v) is 6.35. The van der Waals surface area contributed by atoms with Gasteiger partial charge >= 0.3 is 11.9 Å². The summed E-state index contributed by atoms with van der Waals surface area (Å²) in [4.78, 5) is 25.2. The number of aromatic nitrogens is 2. The molecule has 4 rings (SSSR count). The van der Waals surface area contributed by atoms with Gasteiger partial charge in [0, 0.05) is 17.8 Å². The molecule has 0 amide bonds. The molecule has 3 aromatic rings. The largest absolute Gasteiger partial charge is 0.465 e. The first-order chi connectivity index (χ1) is 13.6. The van der Waals surface area contributed by atoms with Crippen molar-refractivity contribution in [1.29, 1.82) is 0 Å². The Morgan fingerprint density at radius 2 is 1.79 bits per heavy atom. The number of nitrogens with one attached hydrogen (secondary N) is 1. The maximum atomic E-state index is 12.6. The first-order valence-electron chi connectivity index (χ1n) is 8.86. The van der Waals surface area contributed by atoms with Gasteiger partial charge in [0.2, 0.25) is 0 Å². The molecule has 1 aromatic heterocycles. The minimum Gasteiger partial charge on any atom is -0.465 e. The molecule has 0 saturated carbocycles. The van der Waals surface area contributed by atoms with Crippen LogP contribution in [0.25, 0.3) is 16.9 Å². The molecule has 0 aliphatic carbocycles. The van der Waals surface area contributed by atoms with Crippen molar-refractivity contribution < 1.29 is 19.1 Å². The molecule has 0 saturated heterocycles. The van der Waals surface area contributed by atoms with Gasteiger partial charge in [-0.05, 0) is 36.2 Å². The number of para-hydroxylation sites is 1. The van der Waals surface area contributed by atoms with Crippen molar-refractivity contribution in [2.24, 2.45) is 0 Å². The van der Waals surface area contributed by atoms with Gasteiger partial charge in [-0.15, -0.1) is 0 Å². The molecular weight excluding hydrogens is 358 g/mol. The van der Waals surface area contributed by atoms with Crippen LogP contribution in [0.15, 0.2) is 48.5 Å². The molecule has 0 fully saturated rings. The monoisotopic (exact) mass is 377 g/mol. The molecule has 7 nitrogen and oxygen atoms in total. The van der Waals surface area contributed by atoms with Crippen LogP contribution < -0.4 is 5.32 Å². The Labute approximate surface area is 161 Å². The number of hydrogen-bond acceptors (Lipinski definition) is 6. The van der Waals surface area contributed by atoms with Crippen LogP contribution in [0.5, 0.6) is 0 Å². The minimum atomic E-state index is -0.661. The van der Waals surface area contributed by atoms with E-state index in [0.717, 1.165) is 29.8 Å². The average Bonchev–Trinajstić information content (AvgIpc) is 3.37. The maximum Gasteiger partial charge on any atom is 0.357 e. The Kier molecular flexibility index (Phi) is 4.57.